The molecule has 0 spiro atoms. The number of carbonyl (C=O) groups excluding carboxylic acids is 1. The van der Waals surface area contributed by atoms with Gasteiger partial charge in [-0.15, -0.1) is 0 Å². The minimum absolute atomic E-state index is 0.0283. The molecule has 122 valence electrons. The molecule has 0 saturated carbocycles. The van der Waals surface area contributed by atoms with Gasteiger partial charge in [-0.05, 0) is 30.3 Å². The van der Waals surface area contributed by atoms with Crippen LogP contribution in [-0.2, 0) is 10.0 Å². The Morgan fingerprint density at radius 1 is 1.17 bits per heavy atom. The van der Waals surface area contributed by atoms with E-state index in [2.05, 4.69) is 4.72 Å². The van der Waals surface area contributed by atoms with Gasteiger partial charge in [0.2, 0.25) is 10.0 Å². The minimum atomic E-state index is -3.87. The Hall–Kier alpha value is -2.09. The van der Waals surface area contributed by atoms with Crippen LogP contribution in [0.15, 0.2) is 53.4 Å². The van der Waals surface area contributed by atoms with Crippen molar-refractivity contribution in [3.63, 3.8) is 0 Å². The predicted octanol–water partition coefficient (Wildman–Crippen LogP) is 1.06. The van der Waals surface area contributed by atoms with Crippen molar-refractivity contribution in [3.8, 4) is 5.75 Å². The Bertz CT molecular complexity index is 793. The van der Waals surface area contributed by atoms with Gasteiger partial charge in [-0.2, -0.15) is 0 Å². The largest absolute Gasteiger partial charge is 0.545 e. The number of nitrogens with one attached hydrogen (secondary N) is 1. The highest BCUT2D eigenvalue weighted by molar-refractivity contribution is 7.89. The number of aromatic carboxylic acids is 1. The molecule has 0 atom stereocenters. The van der Waals surface area contributed by atoms with Crippen molar-refractivity contribution in [2.24, 2.45) is 0 Å². The third-order valence-corrected chi connectivity index (χ3v) is 4.66. The van der Waals surface area contributed by atoms with E-state index in [1.54, 1.807) is 24.3 Å². The molecule has 2 aromatic rings. The molecule has 0 heterocycles. The molecule has 23 heavy (non-hydrogen) atoms. The maximum atomic E-state index is 12.1. The molecule has 8 heteroatoms. The molecule has 0 radical (unpaired) electrons. The average molecular weight is 355 g/mol. The molecule has 0 aliphatic rings. The minimum Gasteiger partial charge on any atom is -0.545 e. The third kappa shape index (κ3) is 4.69. The van der Waals surface area contributed by atoms with E-state index in [-0.39, 0.29) is 28.6 Å². The number of rotatable bonds is 7. The Kier molecular flexibility index (Phi) is 5.59. The third-order valence-electron chi connectivity index (χ3n) is 2.87. The number of halogens is 1. The number of ether oxygens (including phenoxy) is 1. The zero-order valence-electron chi connectivity index (χ0n) is 11.9. The Balaban J connectivity index is 1.99. The van der Waals surface area contributed by atoms with E-state index in [1.165, 1.54) is 12.1 Å². The van der Waals surface area contributed by atoms with Crippen LogP contribution in [0, 0.1) is 0 Å². The van der Waals surface area contributed by atoms with Gasteiger partial charge in [-0.25, -0.2) is 13.1 Å². The molecule has 2 aromatic carbocycles. The monoisotopic (exact) mass is 354 g/mol. The zero-order valence-corrected chi connectivity index (χ0v) is 13.4. The van der Waals surface area contributed by atoms with Crippen molar-refractivity contribution in [1.82, 2.24) is 4.72 Å². The van der Waals surface area contributed by atoms with Gasteiger partial charge >= 0.3 is 0 Å². The zero-order chi connectivity index (χ0) is 16.9. The van der Waals surface area contributed by atoms with Crippen molar-refractivity contribution in [1.29, 1.82) is 0 Å². The van der Waals surface area contributed by atoms with Crippen LogP contribution >= 0.6 is 11.6 Å². The maximum absolute atomic E-state index is 12.1. The summed E-state index contributed by atoms with van der Waals surface area (Å²) in [5.41, 5.74) is -0.380. The molecule has 6 nitrogen and oxygen atoms in total. The highest BCUT2D eigenvalue weighted by Gasteiger charge is 2.15. The topological polar surface area (TPSA) is 95.5 Å². The van der Waals surface area contributed by atoms with E-state index in [1.807, 2.05) is 6.07 Å². The van der Waals surface area contributed by atoms with E-state index in [0.29, 0.717) is 5.75 Å². The highest BCUT2D eigenvalue weighted by Crippen LogP contribution is 2.19. The molecule has 1 N–H and O–H groups in total. The number of carbonyl (C=O) groups is 1. The number of para-hydroxylation sites is 1. The van der Waals surface area contributed by atoms with Crippen LogP contribution in [0.4, 0.5) is 0 Å². The van der Waals surface area contributed by atoms with Gasteiger partial charge in [-0.3, -0.25) is 0 Å². The summed E-state index contributed by atoms with van der Waals surface area (Å²) in [5.74, 6) is -0.920. The van der Waals surface area contributed by atoms with Crippen LogP contribution in [0.1, 0.15) is 10.4 Å². The van der Waals surface area contributed by atoms with Crippen LogP contribution in [-0.4, -0.2) is 27.5 Å². The Morgan fingerprint density at radius 2 is 1.87 bits per heavy atom. The van der Waals surface area contributed by atoms with Crippen LogP contribution in [0.5, 0.6) is 5.75 Å². The van der Waals surface area contributed by atoms with Gasteiger partial charge in [-0.1, -0.05) is 29.8 Å². The molecule has 0 saturated heterocycles. The molecule has 2 rings (SSSR count). The first-order chi connectivity index (χ1) is 10.9. The summed E-state index contributed by atoms with van der Waals surface area (Å²) < 4.78 is 31.9. The lowest BCUT2D eigenvalue weighted by atomic mass is 10.2. The lowest BCUT2D eigenvalue weighted by Crippen LogP contribution is -2.29. The molecule has 0 aliphatic heterocycles. The lowest BCUT2D eigenvalue weighted by Gasteiger charge is -2.11. The fourth-order valence-electron chi connectivity index (χ4n) is 1.77. The summed E-state index contributed by atoms with van der Waals surface area (Å²) >= 11 is 5.68. The summed E-state index contributed by atoms with van der Waals surface area (Å²) in [5, 5.41) is 10.8. The molecule has 0 aliphatic carbocycles. The van der Waals surface area contributed by atoms with E-state index < -0.39 is 16.0 Å². The Morgan fingerprint density at radius 3 is 2.52 bits per heavy atom. The van der Waals surface area contributed by atoms with Gasteiger partial charge in [0.05, 0.1) is 10.9 Å². The SMILES string of the molecule is O=C([O-])c1cc(S(=O)(=O)NCCOc2ccccc2)ccc1Cl. The smallest absolute Gasteiger partial charge is 0.240 e. The first kappa shape index (κ1) is 17.3. The molecule has 0 amide bonds. The number of carboxylic acid groups (broad SMARTS) is 1. The van der Waals surface area contributed by atoms with Crippen molar-refractivity contribution in [2.75, 3.05) is 13.2 Å². The molecular weight excluding hydrogens is 342 g/mol. The first-order valence-electron chi connectivity index (χ1n) is 6.58. The fraction of sp³-hybridized carbons (Fsp3) is 0.133. The molecule has 0 aromatic heterocycles. The van der Waals surface area contributed by atoms with Gasteiger partial charge in [0, 0.05) is 17.1 Å². The van der Waals surface area contributed by atoms with E-state index >= 15 is 0 Å². The van der Waals surface area contributed by atoms with Crippen molar-refractivity contribution >= 4 is 27.6 Å². The second-order valence-corrected chi connectivity index (χ2v) is 6.66. The molecule has 0 bridgehead atoms. The van der Waals surface area contributed by atoms with E-state index in [4.69, 9.17) is 16.3 Å². The number of sulfonamides is 1. The summed E-state index contributed by atoms with van der Waals surface area (Å²) in [6.07, 6.45) is 0. The Labute approximate surface area is 138 Å². The van der Waals surface area contributed by atoms with Crippen LogP contribution < -0.4 is 14.6 Å². The fourth-order valence-corrected chi connectivity index (χ4v) is 3.01. The number of hydrogen-bond acceptors (Lipinski definition) is 5. The number of benzene rings is 2. The molecule has 0 unspecified atom stereocenters. The van der Waals surface area contributed by atoms with Crippen molar-refractivity contribution in [2.45, 2.75) is 4.90 Å². The van der Waals surface area contributed by atoms with Crippen LogP contribution in [0.2, 0.25) is 5.02 Å². The van der Waals surface area contributed by atoms with E-state index in [0.717, 1.165) is 6.07 Å². The lowest BCUT2D eigenvalue weighted by molar-refractivity contribution is -0.255. The highest BCUT2D eigenvalue weighted by atomic mass is 35.5. The van der Waals surface area contributed by atoms with Gasteiger partial charge in [0.25, 0.3) is 0 Å². The molecular formula is C15H13ClNO5S-. The average Bonchev–Trinajstić information content (AvgIpc) is 2.52. The standard InChI is InChI=1S/C15H14ClNO5S/c16-14-7-6-12(10-13(14)15(18)19)23(20,21)17-8-9-22-11-4-2-1-3-5-11/h1-7,10,17H,8-9H2,(H,18,19)/p-1. The number of hydrogen-bond donors (Lipinski definition) is 1. The van der Waals surface area contributed by atoms with Gasteiger partial charge in [0.1, 0.15) is 12.4 Å². The van der Waals surface area contributed by atoms with E-state index in [9.17, 15) is 18.3 Å². The van der Waals surface area contributed by atoms with Gasteiger partial charge < -0.3 is 14.6 Å². The molecule has 0 fully saturated rings. The summed E-state index contributed by atoms with van der Waals surface area (Å²) in [6, 6.07) is 12.3. The van der Waals surface area contributed by atoms with Gasteiger partial charge in [0.15, 0.2) is 0 Å². The first-order valence-corrected chi connectivity index (χ1v) is 8.45. The predicted molar refractivity (Wildman–Crippen MR) is 82.9 cm³/mol. The summed E-state index contributed by atoms with van der Waals surface area (Å²) in [7, 11) is -3.87. The van der Waals surface area contributed by atoms with Crippen molar-refractivity contribution in [3.05, 3.63) is 59.1 Å². The maximum Gasteiger partial charge on any atom is 0.240 e. The normalized spacial score (nSPS) is 11.2. The van der Waals surface area contributed by atoms with Crippen molar-refractivity contribution < 1.29 is 23.1 Å². The summed E-state index contributed by atoms with van der Waals surface area (Å²) in [6.45, 7) is 0.157. The quantitative estimate of drug-likeness (QED) is 0.750. The second-order valence-electron chi connectivity index (χ2n) is 4.49. The number of carboxylic acids is 1. The second kappa shape index (κ2) is 7.45. The van der Waals surface area contributed by atoms with Crippen LogP contribution in [0.25, 0.3) is 0 Å². The van der Waals surface area contributed by atoms with Crippen LogP contribution in [0.3, 0.4) is 0 Å². The summed E-state index contributed by atoms with van der Waals surface area (Å²) in [4.78, 5) is 10.7.